The van der Waals surface area contributed by atoms with E-state index in [4.69, 9.17) is 17.3 Å². The lowest BCUT2D eigenvalue weighted by Crippen LogP contribution is -1.91. The van der Waals surface area contributed by atoms with Crippen molar-refractivity contribution >= 4 is 40.6 Å². The van der Waals surface area contributed by atoms with Gasteiger partial charge in [0.1, 0.15) is 16.0 Å². The van der Waals surface area contributed by atoms with Gasteiger partial charge in [0.15, 0.2) is 4.34 Å². The SMILES string of the molecule is Cc1nsc(Sc2nc(Cl)ccc2N)n1. The zero-order valence-electron chi connectivity index (χ0n) is 7.77. The average Bonchev–Trinajstić information content (AvgIpc) is 2.58. The van der Waals surface area contributed by atoms with Crippen LogP contribution >= 0.6 is 34.9 Å². The maximum Gasteiger partial charge on any atom is 0.176 e. The molecule has 0 unspecified atom stereocenters. The lowest BCUT2D eigenvalue weighted by molar-refractivity contribution is 1.09. The van der Waals surface area contributed by atoms with Crippen LogP contribution in [0.4, 0.5) is 5.69 Å². The second-order valence-electron chi connectivity index (χ2n) is 2.74. The standard InChI is InChI=1S/C8H7ClN4S2/c1-4-11-8(15-13-4)14-7-5(10)2-3-6(9)12-7/h2-3H,10H2,1H3. The van der Waals surface area contributed by atoms with Crippen molar-refractivity contribution in [1.82, 2.24) is 14.3 Å². The quantitative estimate of drug-likeness (QED) is 0.839. The van der Waals surface area contributed by atoms with Crippen molar-refractivity contribution in [1.29, 1.82) is 0 Å². The number of nitrogen functional groups attached to an aromatic ring is 1. The lowest BCUT2D eigenvalue weighted by atomic mass is 10.4. The molecule has 2 aromatic rings. The van der Waals surface area contributed by atoms with Gasteiger partial charge in [0.25, 0.3) is 0 Å². The highest BCUT2D eigenvalue weighted by Crippen LogP contribution is 2.32. The predicted octanol–water partition coefficient (Wildman–Crippen LogP) is 2.63. The minimum Gasteiger partial charge on any atom is -0.397 e. The zero-order valence-corrected chi connectivity index (χ0v) is 10.2. The van der Waals surface area contributed by atoms with Gasteiger partial charge in [-0.1, -0.05) is 11.6 Å². The molecule has 0 amide bonds. The summed E-state index contributed by atoms with van der Waals surface area (Å²) >= 11 is 8.47. The minimum atomic E-state index is 0.424. The molecule has 0 aliphatic heterocycles. The number of halogens is 1. The highest BCUT2D eigenvalue weighted by molar-refractivity contribution is 8.01. The molecular weight excluding hydrogens is 252 g/mol. The number of aromatic nitrogens is 3. The van der Waals surface area contributed by atoms with E-state index in [9.17, 15) is 0 Å². The molecule has 2 aromatic heterocycles. The summed E-state index contributed by atoms with van der Waals surface area (Å²) in [6.07, 6.45) is 0. The second-order valence-corrected chi connectivity index (χ2v) is 5.11. The van der Waals surface area contributed by atoms with E-state index in [2.05, 4.69) is 14.3 Å². The van der Waals surface area contributed by atoms with E-state index >= 15 is 0 Å². The maximum atomic E-state index is 5.78. The monoisotopic (exact) mass is 258 g/mol. The van der Waals surface area contributed by atoms with Crippen LogP contribution < -0.4 is 5.73 Å². The summed E-state index contributed by atoms with van der Waals surface area (Å²) in [6.45, 7) is 1.84. The molecule has 0 atom stereocenters. The first-order chi connectivity index (χ1) is 7.15. The maximum absolute atomic E-state index is 5.78. The summed E-state index contributed by atoms with van der Waals surface area (Å²) in [5.74, 6) is 0.753. The van der Waals surface area contributed by atoms with Gasteiger partial charge in [0.05, 0.1) is 5.69 Å². The summed E-state index contributed by atoms with van der Waals surface area (Å²) in [5, 5.41) is 1.09. The van der Waals surface area contributed by atoms with E-state index in [1.54, 1.807) is 12.1 Å². The fraction of sp³-hybridized carbons (Fsp3) is 0.125. The molecule has 78 valence electrons. The molecule has 0 saturated heterocycles. The molecule has 0 aliphatic rings. The largest absolute Gasteiger partial charge is 0.397 e. The molecule has 2 rings (SSSR count). The van der Waals surface area contributed by atoms with Crippen molar-refractivity contribution in [3.8, 4) is 0 Å². The molecule has 4 nitrogen and oxygen atoms in total. The molecule has 2 heterocycles. The van der Waals surface area contributed by atoms with Crippen LogP contribution in [-0.4, -0.2) is 14.3 Å². The van der Waals surface area contributed by atoms with Crippen LogP contribution in [0, 0.1) is 6.92 Å². The van der Waals surface area contributed by atoms with Gasteiger partial charge in [-0.15, -0.1) is 0 Å². The first-order valence-electron chi connectivity index (χ1n) is 4.05. The van der Waals surface area contributed by atoms with Gasteiger partial charge in [-0.2, -0.15) is 4.37 Å². The van der Waals surface area contributed by atoms with Crippen molar-refractivity contribution in [2.45, 2.75) is 16.3 Å². The van der Waals surface area contributed by atoms with Crippen LogP contribution in [0.3, 0.4) is 0 Å². The van der Waals surface area contributed by atoms with Gasteiger partial charge in [0, 0.05) is 0 Å². The molecule has 7 heteroatoms. The Labute approximate surface area is 100 Å². The lowest BCUT2D eigenvalue weighted by Gasteiger charge is -2.01. The van der Waals surface area contributed by atoms with E-state index in [0.717, 1.165) is 10.2 Å². The van der Waals surface area contributed by atoms with Gasteiger partial charge in [-0.3, -0.25) is 0 Å². The van der Waals surface area contributed by atoms with Crippen molar-refractivity contribution < 1.29 is 0 Å². The molecule has 0 aromatic carbocycles. The van der Waals surface area contributed by atoms with Crippen molar-refractivity contribution in [3.63, 3.8) is 0 Å². The van der Waals surface area contributed by atoms with Gasteiger partial charge in [-0.05, 0) is 42.4 Å². The van der Waals surface area contributed by atoms with Crippen LogP contribution in [0.1, 0.15) is 5.82 Å². The van der Waals surface area contributed by atoms with Crippen LogP contribution in [-0.2, 0) is 0 Å². The third-order valence-electron chi connectivity index (χ3n) is 1.55. The third-order valence-corrected chi connectivity index (χ3v) is 3.62. The zero-order chi connectivity index (χ0) is 10.8. The normalized spacial score (nSPS) is 10.5. The Morgan fingerprint density at radius 1 is 1.40 bits per heavy atom. The van der Waals surface area contributed by atoms with Crippen LogP contribution in [0.5, 0.6) is 0 Å². The summed E-state index contributed by atoms with van der Waals surface area (Å²) in [6, 6.07) is 3.39. The molecule has 15 heavy (non-hydrogen) atoms. The number of rotatable bonds is 2. The topological polar surface area (TPSA) is 64.7 Å². The Bertz CT molecular complexity index is 485. The summed E-state index contributed by atoms with van der Waals surface area (Å²) in [5.41, 5.74) is 6.35. The van der Waals surface area contributed by atoms with Crippen molar-refractivity contribution in [2.75, 3.05) is 5.73 Å². The average molecular weight is 259 g/mol. The molecule has 0 spiro atoms. The first-order valence-corrected chi connectivity index (χ1v) is 6.02. The smallest absolute Gasteiger partial charge is 0.176 e. The number of anilines is 1. The first kappa shape index (κ1) is 10.7. The van der Waals surface area contributed by atoms with Crippen molar-refractivity contribution in [2.24, 2.45) is 0 Å². The van der Waals surface area contributed by atoms with Crippen LogP contribution in [0.2, 0.25) is 5.15 Å². The summed E-state index contributed by atoms with van der Waals surface area (Å²) in [4.78, 5) is 8.33. The Hall–Kier alpha value is -0.850. The fourth-order valence-corrected chi connectivity index (χ4v) is 2.70. The van der Waals surface area contributed by atoms with Crippen LogP contribution in [0.15, 0.2) is 21.5 Å². The number of pyridine rings is 1. The second kappa shape index (κ2) is 4.34. The fourth-order valence-electron chi connectivity index (χ4n) is 0.913. The molecular formula is C8H7ClN4S2. The molecule has 2 N–H and O–H groups in total. The number of hydrogen-bond donors (Lipinski definition) is 1. The van der Waals surface area contributed by atoms with E-state index in [0.29, 0.717) is 15.9 Å². The van der Waals surface area contributed by atoms with Crippen LogP contribution in [0.25, 0.3) is 0 Å². The highest BCUT2D eigenvalue weighted by Gasteiger charge is 2.08. The van der Waals surface area contributed by atoms with E-state index in [1.165, 1.54) is 23.3 Å². The van der Waals surface area contributed by atoms with E-state index in [1.807, 2.05) is 6.92 Å². The van der Waals surface area contributed by atoms with Gasteiger partial charge >= 0.3 is 0 Å². The molecule has 0 bridgehead atoms. The highest BCUT2D eigenvalue weighted by atomic mass is 35.5. The Morgan fingerprint density at radius 3 is 2.87 bits per heavy atom. The molecule has 0 saturated carbocycles. The Morgan fingerprint density at radius 2 is 2.20 bits per heavy atom. The Kier molecular flexibility index (Phi) is 3.08. The van der Waals surface area contributed by atoms with Gasteiger partial charge in [-0.25, -0.2) is 9.97 Å². The minimum absolute atomic E-state index is 0.424. The summed E-state index contributed by atoms with van der Waals surface area (Å²) in [7, 11) is 0. The summed E-state index contributed by atoms with van der Waals surface area (Å²) < 4.78 is 4.89. The molecule has 0 radical (unpaired) electrons. The van der Waals surface area contributed by atoms with E-state index < -0.39 is 0 Å². The molecule has 0 aliphatic carbocycles. The predicted molar refractivity (Wildman–Crippen MR) is 62.4 cm³/mol. The third kappa shape index (κ3) is 2.58. The van der Waals surface area contributed by atoms with Crippen molar-refractivity contribution in [3.05, 3.63) is 23.1 Å². The number of nitrogens with two attached hydrogens (primary N) is 1. The number of aryl methyl sites for hydroxylation is 1. The number of hydrogen-bond acceptors (Lipinski definition) is 6. The molecule has 0 fully saturated rings. The Balaban J connectivity index is 2.27. The van der Waals surface area contributed by atoms with Gasteiger partial charge in [0.2, 0.25) is 0 Å². The van der Waals surface area contributed by atoms with Gasteiger partial charge < -0.3 is 5.73 Å². The van der Waals surface area contributed by atoms with E-state index in [-0.39, 0.29) is 0 Å². The number of nitrogens with zero attached hydrogens (tertiary/aromatic N) is 3.